The molecule has 0 saturated carbocycles. The molecule has 5 heteroatoms. The van der Waals surface area contributed by atoms with Gasteiger partial charge in [-0.05, 0) is 25.1 Å². The highest BCUT2D eigenvalue weighted by atomic mass is 16.1. The van der Waals surface area contributed by atoms with E-state index in [0.29, 0.717) is 5.69 Å². The second kappa shape index (κ2) is 5.53. The Labute approximate surface area is 111 Å². The van der Waals surface area contributed by atoms with Crippen molar-refractivity contribution in [2.75, 3.05) is 5.32 Å². The van der Waals surface area contributed by atoms with Crippen LogP contribution in [0.15, 0.2) is 18.2 Å². The summed E-state index contributed by atoms with van der Waals surface area (Å²) in [6.45, 7) is 5.03. The minimum Gasteiger partial charge on any atom is -0.328 e. The van der Waals surface area contributed by atoms with Gasteiger partial charge in [-0.3, -0.25) is 4.79 Å². The molecule has 0 unspecified atom stereocenters. The highest BCUT2D eigenvalue weighted by Crippen LogP contribution is 2.21. The molecule has 1 N–H and O–H groups in total. The summed E-state index contributed by atoms with van der Waals surface area (Å²) < 4.78 is 2.16. The predicted molar refractivity (Wildman–Crippen MR) is 73.6 cm³/mol. The number of nitrogens with zero attached hydrogens (tertiary/aromatic N) is 3. The topological polar surface area (TPSA) is 70.7 Å². The molecule has 98 valence electrons. The van der Waals surface area contributed by atoms with Gasteiger partial charge in [-0.15, -0.1) is 0 Å². The van der Waals surface area contributed by atoms with Crippen LogP contribution < -0.4 is 5.32 Å². The van der Waals surface area contributed by atoms with E-state index in [1.165, 1.54) is 0 Å². The van der Waals surface area contributed by atoms with E-state index >= 15 is 0 Å². The number of aryl methyl sites for hydroxylation is 2. The number of benzene rings is 1. The summed E-state index contributed by atoms with van der Waals surface area (Å²) in [6.07, 6.45) is 0.736. The molecule has 0 atom stereocenters. The fourth-order valence-electron chi connectivity index (χ4n) is 2.16. The Hall–Kier alpha value is -2.35. The largest absolute Gasteiger partial charge is 0.328 e. The van der Waals surface area contributed by atoms with Gasteiger partial charge in [0, 0.05) is 18.7 Å². The van der Waals surface area contributed by atoms with Crippen LogP contribution in [0.4, 0.5) is 5.69 Å². The number of carbonyl (C=O) groups excluding carboxylic acids is 1. The lowest BCUT2D eigenvalue weighted by molar-refractivity contribution is -0.115. The van der Waals surface area contributed by atoms with Gasteiger partial charge in [0.05, 0.1) is 17.1 Å². The number of hydrogen-bond donors (Lipinski definition) is 1. The molecule has 1 heterocycles. The summed E-state index contributed by atoms with van der Waals surface area (Å²) in [5.74, 6) is 0.741. The van der Waals surface area contributed by atoms with Gasteiger partial charge < -0.3 is 9.88 Å². The van der Waals surface area contributed by atoms with Gasteiger partial charge in [0.2, 0.25) is 5.91 Å². The van der Waals surface area contributed by atoms with Crippen molar-refractivity contribution < 1.29 is 4.79 Å². The first-order chi connectivity index (χ1) is 9.19. The van der Waals surface area contributed by atoms with Crippen molar-refractivity contribution in [3.8, 4) is 6.07 Å². The minimum absolute atomic E-state index is 0.137. The van der Waals surface area contributed by atoms with E-state index in [-0.39, 0.29) is 12.3 Å². The van der Waals surface area contributed by atoms with Gasteiger partial charge >= 0.3 is 0 Å². The third-order valence-electron chi connectivity index (χ3n) is 2.98. The van der Waals surface area contributed by atoms with Crippen LogP contribution in [-0.4, -0.2) is 15.5 Å². The number of anilines is 1. The molecule has 0 bridgehead atoms. The van der Waals surface area contributed by atoms with Crippen LogP contribution in [0.1, 0.15) is 26.1 Å². The van der Waals surface area contributed by atoms with E-state index in [2.05, 4.69) is 28.7 Å². The van der Waals surface area contributed by atoms with Gasteiger partial charge in [0.1, 0.15) is 12.2 Å². The first kappa shape index (κ1) is 13.1. The number of fused-ring (bicyclic) bond motifs is 1. The van der Waals surface area contributed by atoms with Crippen molar-refractivity contribution in [1.82, 2.24) is 9.55 Å². The van der Waals surface area contributed by atoms with Crippen molar-refractivity contribution in [3.63, 3.8) is 0 Å². The first-order valence-corrected chi connectivity index (χ1v) is 6.35. The number of carbonyl (C=O) groups is 1. The summed E-state index contributed by atoms with van der Waals surface area (Å²) in [5.41, 5.74) is 2.61. The van der Waals surface area contributed by atoms with Gasteiger partial charge in [-0.25, -0.2) is 4.98 Å². The maximum absolute atomic E-state index is 11.4. The van der Waals surface area contributed by atoms with Crippen molar-refractivity contribution in [2.45, 2.75) is 33.2 Å². The van der Waals surface area contributed by atoms with E-state index in [4.69, 9.17) is 5.26 Å². The number of nitrogens with one attached hydrogen (secondary N) is 1. The molecular formula is C14H16N4O. The van der Waals surface area contributed by atoms with E-state index in [9.17, 15) is 4.79 Å². The molecule has 19 heavy (non-hydrogen) atoms. The molecule has 0 aliphatic carbocycles. The molecule has 1 aromatic heterocycles. The van der Waals surface area contributed by atoms with Crippen molar-refractivity contribution in [2.24, 2.45) is 0 Å². The normalized spacial score (nSPS) is 10.4. The maximum Gasteiger partial charge on any atom is 0.238 e. The second-order valence-corrected chi connectivity index (χ2v) is 4.21. The SMILES string of the molecule is CCc1nc2cc(NC(=O)CC#N)ccc2n1CC. The van der Waals surface area contributed by atoms with Crippen LogP contribution in [0, 0.1) is 11.3 Å². The summed E-state index contributed by atoms with van der Waals surface area (Å²) in [6, 6.07) is 7.46. The Bertz CT molecular complexity index is 651. The van der Waals surface area contributed by atoms with Crippen LogP contribution in [0.2, 0.25) is 0 Å². The average Bonchev–Trinajstić information content (AvgIpc) is 2.75. The monoisotopic (exact) mass is 256 g/mol. The Morgan fingerprint density at radius 1 is 1.47 bits per heavy atom. The number of hydrogen-bond acceptors (Lipinski definition) is 3. The lowest BCUT2D eigenvalue weighted by Crippen LogP contribution is -2.09. The molecule has 0 saturated heterocycles. The molecular weight excluding hydrogens is 240 g/mol. The standard InChI is InChI=1S/C14H16N4O/c1-3-13-17-11-9-10(16-14(19)7-8-15)5-6-12(11)18(13)4-2/h5-6,9H,3-4,7H2,1-2H3,(H,16,19). The van der Waals surface area contributed by atoms with Crippen LogP contribution >= 0.6 is 0 Å². The predicted octanol–water partition coefficient (Wildman–Crippen LogP) is 2.47. The Kier molecular flexibility index (Phi) is 3.81. The van der Waals surface area contributed by atoms with E-state index < -0.39 is 0 Å². The third-order valence-corrected chi connectivity index (χ3v) is 2.98. The zero-order valence-corrected chi connectivity index (χ0v) is 11.1. The molecule has 1 aromatic carbocycles. The van der Waals surface area contributed by atoms with E-state index in [1.807, 2.05) is 24.3 Å². The first-order valence-electron chi connectivity index (χ1n) is 6.35. The van der Waals surface area contributed by atoms with Gasteiger partial charge in [-0.2, -0.15) is 5.26 Å². The molecule has 2 rings (SSSR count). The van der Waals surface area contributed by atoms with Crippen molar-refractivity contribution >= 4 is 22.6 Å². The highest BCUT2D eigenvalue weighted by Gasteiger charge is 2.09. The number of amides is 1. The van der Waals surface area contributed by atoms with Crippen LogP contribution in [0.5, 0.6) is 0 Å². The zero-order valence-electron chi connectivity index (χ0n) is 11.1. The van der Waals surface area contributed by atoms with Crippen molar-refractivity contribution in [3.05, 3.63) is 24.0 Å². The maximum atomic E-state index is 11.4. The average molecular weight is 256 g/mol. The summed E-state index contributed by atoms with van der Waals surface area (Å²) in [7, 11) is 0. The quantitative estimate of drug-likeness (QED) is 0.913. The molecule has 0 aliphatic rings. The van der Waals surface area contributed by atoms with Crippen LogP contribution in [0.3, 0.4) is 0 Å². The number of aromatic nitrogens is 2. The number of nitriles is 1. The van der Waals surface area contributed by atoms with Crippen LogP contribution in [0.25, 0.3) is 11.0 Å². The fourth-order valence-corrected chi connectivity index (χ4v) is 2.16. The van der Waals surface area contributed by atoms with Gasteiger partial charge in [0.25, 0.3) is 0 Å². The van der Waals surface area contributed by atoms with E-state index in [0.717, 1.165) is 29.8 Å². The summed E-state index contributed by atoms with van der Waals surface area (Å²) in [4.78, 5) is 15.9. The number of rotatable bonds is 4. The molecule has 0 fully saturated rings. The molecule has 0 spiro atoms. The number of imidazole rings is 1. The smallest absolute Gasteiger partial charge is 0.238 e. The molecule has 0 aliphatic heterocycles. The van der Waals surface area contributed by atoms with Crippen LogP contribution in [-0.2, 0) is 17.8 Å². The lowest BCUT2D eigenvalue weighted by Gasteiger charge is -2.05. The Morgan fingerprint density at radius 3 is 2.89 bits per heavy atom. The highest BCUT2D eigenvalue weighted by molar-refractivity contribution is 5.94. The molecule has 0 radical (unpaired) electrons. The molecule has 2 aromatic rings. The van der Waals surface area contributed by atoms with Gasteiger partial charge in [0.15, 0.2) is 0 Å². The molecule has 1 amide bonds. The molecule has 5 nitrogen and oxygen atoms in total. The Balaban J connectivity index is 2.36. The minimum atomic E-state index is -0.299. The zero-order chi connectivity index (χ0) is 13.8. The second-order valence-electron chi connectivity index (χ2n) is 4.21. The summed E-state index contributed by atoms with van der Waals surface area (Å²) in [5, 5.41) is 11.2. The third kappa shape index (κ3) is 2.58. The van der Waals surface area contributed by atoms with Gasteiger partial charge in [-0.1, -0.05) is 6.92 Å². The fraction of sp³-hybridized carbons (Fsp3) is 0.357. The van der Waals surface area contributed by atoms with E-state index in [1.54, 1.807) is 0 Å². The Morgan fingerprint density at radius 2 is 2.26 bits per heavy atom. The summed E-state index contributed by atoms with van der Waals surface area (Å²) >= 11 is 0. The van der Waals surface area contributed by atoms with Crippen molar-refractivity contribution in [1.29, 1.82) is 5.26 Å². The lowest BCUT2D eigenvalue weighted by atomic mass is 10.2.